The number of benzene rings is 3. The molecule has 35 heavy (non-hydrogen) atoms. The molecule has 0 aliphatic carbocycles. The molecule has 0 radical (unpaired) electrons. The van der Waals surface area contributed by atoms with E-state index < -0.39 is 35.1 Å². The lowest BCUT2D eigenvalue weighted by Crippen LogP contribution is -2.09. The Kier molecular flexibility index (Phi) is 8.79. The third kappa shape index (κ3) is 7.77. The summed E-state index contributed by atoms with van der Waals surface area (Å²) in [6, 6.07) is 16.1. The topological polar surface area (TPSA) is 26.3 Å². The minimum atomic E-state index is -4.72. The first-order valence-electron chi connectivity index (χ1n) is 11.3. The number of carbonyl (C=O) groups is 1. The number of halogens is 5. The highest BCUT2D eigenvalue weighted by Gasteiger charge is 2.23. The fourth-order valence-electron chi connectivity index (χ4n) is 3.54. The van der Waals surface area contributed by atoms with Gasteiger partial charge in [0.2, 0.25) is 0 Å². The summed E-state index contributed by atoms with van der Waals surface area (Å²) in [5, 5.41) is 0. The minimum Gasteiger partial charge on any atom is -0.423 e. The molecule has 0 bridgehead atoms. The van der Waals surface area contributed by atoms with Gasteiger partial charge in [-0.1, -0.05) is 62.6 Å². The molecule has 3 aromatic rings. The number of rotatable bonds is 9. The second-order valence-electron chi connectivity index (χ2n) is 8.15. The van der Waals surface area contributed by atoms with Crippen LogP contribution in [0.2, 0.25) is 0 Å². The second kappa shape index (κ2) is 11.8. The van der Waals surface area contributed by atoms with Crippen LogP contribution in [0.25, 0.3) is 17.2 Å². The van der Waals surface area contributed by atoms with E-state index >= 15 is 0 Å². The molecule has 184 valence electrons. The molecule has 0 aliphatic rings. The third-order valence-electron chi connectivity index (χ3n) is 5.43. The van der Waals surface area contributed by atoms with Gasteiger partial charge in [0.15, 0.2) is 0 Å². The number of unbranched alkanes of at least 4 members (excludes halogenated alkanes) is 3. The van der Waals surface area contributed by atoms with Crippen molar-refractivity contribution in [3.05, 3.63) is 95.1 Å². The maximum Gasteiger partial charge on any atom is 0.409 e. The van der Waals surface area contributed by atoms with Crippen molar-refractivity contribution >= 4 is 12.0 Å². The maximum absolute atomic E-state index is 14.1. The predicted octanol–water partition coefficient (Wildman–Crippen LogP) is 8.55. The van der Waals surface area contributed by atoms with Gasteiger partial charge in [-0.15, -0.1) is 0 Å². The number of ether oxygens (including phenoxy) is 1. The van der Waals surface area contributed by atoms with Crippen LogP contribution in [-0.2, 0) is 6.42 Å². The Morgan fingerprint density at radius 3 is 1.97 bits per heavy atom. The first-order chi connectivity index (χ1) is 16.7. The van der Waals surface area contributed by atoms with E-state index in [2.05, 4.69) is 19.1 Å². The zero-order valence-corrected chi connectivity index (χ0v) is 19.2. The molecule has 0 unspecified atom stereocenters. The van der Waals surface area contributed by atoms with Crippen LogP contribution in [0.5, 0.6) is 5.75 Å². The van der Waals surface area contributed by atoms with Crippen LogP contribution in [0.15, 0.2) is 66.7 Å². The van der Waals surface area contributed by atoms with Crippen LogP contribution in [0.4, 0.5) is 22.0 Å². The SMILES string of the molecule is CCCCCCc1ccc(-c2ccc(C(=O)Oc3cc(F)c(C=CC(F)(F)F)c(F)c3)cc2)cc1. The normalized spacial score (nSPS) is 11.7. The molecule has 0 aromatic heterocycles. The lowest BCUT2D eigenvalue weighted by atomic mass is 10.0. The molecule has 0 amide bonds. The van der Waals surface area contributed by atoms with Gasteiger partial charge in [0.05, 0.1) is 5.56 Å². The molecule has 3 aromatic carbocycles. The Labute approximate surface area is 201 Å². The lowest BCUT2D eigenvalue weighted by Gasteiger charge is -2.08. The molecule has 3 rings (SSSR count). The van der Waals surface area contributed by atoms with Gasteiger partial charge in [-0.25, -0.2) is 13.6 Å². The fraction of sp³-hybridized carbons (Fsp3) is 0.250. The summed E-state index contributed by atoms with van der Waals surface area (Å²) in [6.45, 7) is 2.18. The van der Waals surface area contributed by atoms with E-state index in [0.29, 0.717) is 12.1 Å². The number of hydrogen-bond acceptors (Lipinski definition) is 2. The van der Waals surface area contributed by atoms with Gasteiger partial charge in [0, 0.05) is 23.8 Å². The Bertz CT molecular complexity index is 1140. The highest BCUT2D eigenvalue weighted by Crippen LogP contribution is 2.26. The number of esters is 1. The van der Waals surface area contributed by atoms with Gasteiger partial charge in [-0.05, 0) is 47.7 Å². The summed E-state index contributed by atoms with van der Waals surface area (Å²) in [4.78, 5) is 12.4. The van der Waals surface area contributed by atoms with E-state index in [1.165, 1.54) is 37.0 Å². The molecule has 7 heteroatoms. The number of hydrogen-bond donors (Lipinski definition) is 0. The first kappa shape index (κ1) is 26.1. The van der Waals surface area contributed by atoms with Crippen molar-refractivity contribution in [1.82, 2.24) is 0 Å². The lowest BCUT2D eigenvalue weighted by molar-refractivity contribution is -0.0790. The summed E-state index contributed by atoms with van der Waals surface area (Å²) >= 11 is 0. The van der Waals surface area contributed by atoms with Crippen molar-refractivity contribution < 1.29 is 31.5 Å². The number of carbonyl (C=O) groups excluding carboxylic acids is 1. The van der Waals surface area contributed by atoms with E-state index in [-0.39, 0.29) is 17.7 Å². The maximum atomic E-state index is 14.1. The standard InChI is InChI=1S/C28H25F5O2/c1-2-3-4-5-6-19-7-9-20(10-8-19)21-11-13-22(14-12-21)27(34)35-23-17-25(29)24(26(30)18-23)15-16-28(31,32)33/h7-18H,2-6H2,1H3. The van der Waals surface area contributed by atoms with Crippen LogP contribution in [0, 0.1) is 11.6 Å². The molecule has 0 spiro atoms. The van der Waals surface area contributed by atoms with Crippen LogP contribution in [-0.4, -0.2) is 12.1 Å². The van der Waals surface area contributed by atoms with E-state index in [4.69, 9.17) is 4.74 Å². The number of alkyl halides is 3. The van der Waals surface area contributed by atoms with Crippen LogP contribution < -0.4 is 4.74 Å². The smallest absolute Gasteiger partial charge is 0.409 e. The van der Waals surface area contributed by atoms with Gasteiger partial charge >= 0.3 is 12.1 Å². The minimum absolute atomic E-state index is 0.156. The molecule has 2 nitrogen and oxygen atoms in total. The fourth-order valence-corrected chi connectivity index (χ4v) is 3.54. The summed E-state index contributed by atoms with van der Waals surface area (Å²) in [7, 11) is 0. The van der Waals surface area contributed by atoms with Crippen LogP contribution in [0.3, 0.4) is 0 Å². The van der Waals surface area contributed by atoms with Crippen molar-refractivity contribution in [1.29, 1.82) is 0 Å². The summed E-state index contributed by atoms with van der Waals surface area (Å²) in [5.41, 5.74) is 2.41. The van der Waals surface area contributed by atoms with Gasteiger partial charge in [0.1, 0.15) is 17.4 Å². The molecule has 0 atom stereocenters. The summed E-state index contributed by atoms with van der Waals surface area (Å²) in [5.74, 6) is -3.86. The third-order valence-corrected chi connectivity index (χ3v) is 5.43. The second-order valence-corrected chi connectivity index (χ2v) is 8.15. The zero-order chi connectivity index (χ0) is 25.4. The average molecular weight is 488 g/mol. The molecule has 0 aliphatic heterocycles. The molecule has 0 fully saturated rings. The first-order valence-corrected chi connectivity index (χ1v) is 11.3. The van der Waals surface area contributed by atoms with E-state index in [9.17, 15) is 26.7 Å². The highest BCUT2D eigenvalue weighted by atomic mass is 19.4. The van der Waals surface area contributed by atoms with Crippen molar-refractivity contribution in [3.63, 3.8) is 0 Å². The molecule has 0 heterocycles. The summed E-state index contributed by atoms with van der Waals surface area (Å²) in [6.07, 6.45) is 1.14. The highest BCUT2D eigenvalue weighted by molar-refractivity contribution is 5.91. The Hall–Kier alpha value is -3.48. The van der Waals surface area contributed by atoms with Gasteiger partial charge in [-0.3, -0.25) is 0 Å². The molecular weight excluding hydrogens is 463 g/mol. The quantitative estimate of drug-likeness (QED) is 0.131. The van der Waals surface area contributed by atoms with Crippen molar-refractivity contribution in [2.45, 2.75) is 45.2 Å². The predicted molar refractivity (Wildman–Crippen MR) is 126 cm³/mol. The number of aryl methyl sites for hydroxylation is 1. The van der Waals surface area contributed by atoms with Crippen molar-refractivity contribution in [2.75, 3.05) is 0 Å². The van der Waals surface area contributed by atoms with Gasteiger partial charge in [0.25, 0.3) is 0 Å². The molecule has 0 saturated carbocycles. The molecular formula is C28H25F5O2. The molecule has 0 saturated heterocycles. The largest absolute Gasteiger partial charge is 0.423 e. The van der Waals surface area contributed by atoms with Crippen LogP contribution >= 0.6 is 0 Å². The monoisotopic (exact) mass is 488 g/mol. The van der Waals surface area contributed by atoms with Gasteiger partial charge < -0.3 is 4.74 Å². The van der Waals surface area contributed by atoms with E-state index in [1.54, 1.807) is 12.1 Å². The Balaban J connectivity index is 1.65. The van der Waals surface area contributed by atoms with Crippen molar-refractivity contribution in [2.24, 2.45) is 0 Å². The van der Waals surface area contributed by atoms with Gasteiger partial charge in [-0.2, -0.15) is 13.2 Å². The van der Waals surface area contributed by atoms with Crippen molar-refractivity contribution in [3.8, 4) is 16.9 Å². The zero-order valence-electron chi connectivity index (χ0n) is 19.2. The Morgan fingerprint density at radius 2 is 1.43 bits per heavy atom. The Morgan fingerprint density at radius 1 is 0.857 bits per heavy atom. The van der Waals surface area contributed by atoms with Crippen LogP contribution in [0.1, 0.15) is 54.1 Å². The number of allylic oxidation sites excluding steroid dienone is 1. The summed E-state index contributed by atoms with van der Waals surface area (Å²) < 4.78 is 69.9. The van der Waals surface area contributed by atoms with E-state index in [0.717, 1.165) is 24.0 Å². The molecule has 0 N–H and O–H groups in total. The van der Waals surface area contributed by atoms with E-state index in [1.807, 2.05) is 12.1 Å². The average Bonchev–Trinajstić information content (AvgIpc) is 2.81.